The third kappa shape index (κ3) is 5.35. The molecule has 3 aromatic rings. The Morgan fingerprint density at radius 1 is 1.31 bits per heavy atom. The molecule has 1 amide bonds. The first kappa shape index (κ1) is 22.4. The zero-order valence-corrected chi connectivity index (χ0v) is 18.7. The smallest absolute Gasteiger partial charge is 0.287 e. The maximum Gasteiger partial charge on any atom is 0.287 e. The number of H-pyrrole nitrogens is 1. The zero-order valence-electron chi connectivity index (χ0n) is 17.9. The Kier molecular flexibility index (Phi) is 7.19. The van der Waals surface area contributed by atoms with Crippen molar-refractivity contribution in [1.82, 2.24) is 15.3 Å². The minimum absolute atomic E-state index is 0.0134. The van der Waals surface area contributed by atoms with Crippen molar-refractivity contribution >= 4 is 27.5 Å². The summed E-state index contributed by atoms with van der Waals surface area (Å²) >= 11 is 1.32. The molecule has 0 unspecified atom stereocenters. The molecule has 0 aliphatic heterocycles. The van der Waals surface area contributed by atoms with Gasteiger partial charge in [-0.05, 0) is 54.7 Å². The molecule has 1 aliphatic carbocycles. The number of hydrogen-bond acceptors (Lipinski definition) is 7. The topological polar surface area (TPSA) is 114 Å². The van der Waals surface area contributed by atoms with Crippen LogP contribution in [-0.4, -0.2) is 40.8 Å². The highest BCUT2D eigenvalue weighted by molar-refractivity contribution is 7.16. The van der Waals surface area contributed by atoms with Gasteiger partial charge in [0, 0.05) is 18.7 Å². The fourth-order valence-corrected chi connectivity index (χ4v) is 4.84. The number of methoxy groups -OCH3 is 1. The molecule has 1 fully saturated rings. The van der Waals surface area contributed by atoms with Crippen LogP contribution in [0, 0.1) is 5.92 Å². The molecule has 2 aromatic heterocycles. The zero-order chi connectivity index (χ0) is 22.5. The van der Waals surface area contributed by atoms with Crippen molar-refractivity contribution < 1.29 is 19.4 Å². The summed E-state index contributed by atoms with van der Waals surface area (Å²) < 4.78 is 11.0. The van der Waals surface area contributed by atoms with Gasteiger partial charge in [0.25, 0.3) is 11.5 Å². The number of ether oxygens (including phenoxy) is 2. The molecule has 8 nitrogen and oxygen atoms in total. The quantitative estimate of drug-likeness (QED) is 0.479. The molecular formula is C23H27N3O5S. The molecule has 4 rings (SSSR count). The van der Waals surface area contributed by atoms with Crippen molar-refractivity contribution in [3.05, 3.63) is 57.0 Å². The van der Waals surface area contributed by atoms with Gasteiger partial charge in [-0.3, -0.25) is 9.59 Å². The van der Waals surface area contributed by atoms with E-state index in [4.69, 9.17) is 9.47 Å². The number of amides is 1. The lowest BCUT2D eigenvalue weighted by molar-refractivity contribution is 0.0449. The number of aromatic amines is 1. The highest BCUT2D eigenvalue weighted by Gasteiger charge is 2.20. The lowest BCUT2D eigenvalue weighted by Gasteiger charge is -2.25. The van der Waals surface area contributed by atoms with E-state index in [1.165, 1.54) is 11.3 Å². The fraction of sp³-hybridized carbons (Fsp3) is 0.435. The normalized spacial score (nSPS) is 18.6. The molecule has 1 aliphatic rings. The number of carbonyl (C=O) groups excluding carboxylic acids is 1. The first-order valence-corrected chi connectivity index (χ1v) is 11.6. The molecule has 32 heavy (non-hydrogen) atoms. The molecule has 1 saturated carbocycles. The molecule has 0 bridgehead atoms. The number of fused-ring (bicyclic) bond motifs is 1. The van der Waals surface area contributed by atoms with Crippen molar-refractivity contribution in [1.29, 1.82) is 0 Å². The Balaban J connectivity index is 1.38. The summed E-state index contributed by atoms with van der Waals surface area (Å²) in [5, 5.41) is 14.7. The lowest BCUT2D eigenvalue weighted by Crippen LogP contribution is -2.27. The van der Waals surface area contributed by atoms with Crippen LogP contribution in [0.4, 0.5) is 0 Å². The van der Waals surface area contributed by atoms with Gasteiger partial charge in [0.15, 0.2) is 0 Å². The van der Waals surface area contributed by atoms with Crippen LogP contribution in [0.25, 0.3) is 10.2 Å². The molecule has 0 saturated heterocycles. The molecular weight excluding hydrogens is 430 g/mol. The Hall–Kier alpha value is -2.75. The van der Waals surface area contributed by atoms with Crippen LogP contribution in [0.15, 0.2) is 34.4 Å². The first-order valence-electron chi connectivity index (χ1n) is 10.7. The summed E-state index contributed by atoms with van der Waals surface area (Å²) in [5.74, 6) is 0.691. The molecule has 9 heteroatoms. The number of rotatable bonds is 8. The van der Waals surface area contributed by atoms with Gasteiger partial charge < -0.3 is 24.9 Å². The molecule has 0 atom stereocenters. The number of benzene rings is 1. The van der Waals surface area contributed by atoms with Crippen molar-refractivity contribution in [2.45, 2.75) is 44.9 Å². The van der Waals surface area contributed by atoms with Crippen LogP contribution in [-0.2, 0) is 17.9 Å². The van der Waals surface area contributed by atoms with Crippen LogP contribution in [0.1, 0.15) is 47.4 Å². The number of aromatic nitrogens is 2. The SMILES string of the molecule is COc1cccc(CNC(=O)c2nc3scc(COCC4CCC(O)CC4)c3c(=O)[nH]2)c1. The largest absolute Gasteiger partial charge is 0.497 e. The van der Waals surface area contributed by atoms with E-state index in [1.807, 2.05) is 29.6 Å². The monoisotopic (exact) mass is 457 g/mol. The predicted octanol–water partition coefficient (Wildman–Crippen LogP) is 2.99. The van der Waals surface area contributed by atoms with E-state index in [0.717, 1.165) is 36.8 Å². The van der Waals surface area contributed by atoms with Gasteiger partial charge in [0.1, 0.15) is 10.6 Å². The molecule has 0 spiro atoms. The third-order valence-corrected chi connectivity index (χ3v) is 6.67. The maximum absolute atomic E-state index is 12.7. The fourth-order valence-electron chi connectivity index (χ4n) is 3.92. The number of aliphatic hydroxyl groups is 1. The average molecular weight is 458 g/mol. The molecule has 170 valence electrons. The maximum atomic E-state index is 12.7. The summed E-state index contributed by atoms with van der Waals surface area (Å²) in [6, 6.07) is 7.39. The van der Waals surface area contributed by atoms with Gasteiger partial charge >= 0.3 is 0 Å². The number of thiophene rings is 1. The molecule has 0 radical (unpaired) electrons. The van der Waals surface area contributed by atoms with E-state index in [1.54, 1.807) is 7.11 Å². The first-order chi connectivity index (χ1) is 15.5. The highest BCUT2D eigenvalue weighted by atomic mass is 32.1. The number of nitrogens with zero attached hydrogens (tertiary/aromatic N) is 1. The summed E-state index contributed by atoms with van der Waals surface area (Å²) in [6.45, 7) is 1.23. The second-order valence-corrected chi connectivity index (χ2v) is 8.94. The van der Waals surface area contributed by atoms with E-state index < -0.39 is 5.91 Å². The van der Waals surface area contributed by atoms with Crippen molar-refractivity contribution in [2.75, 3.05) is 13.7 Å². The van der Waals surface area contributed by atoms with E-state index in [2.05, 4.69) is 15.3 Å². The third-order valence-electron chi connectivity index (χ3n) is 5.75. The number of nitrogens with one attached hydrogen (secondary N) is 2. The van der Waals surface area contributed by atoms with E-state index >= 15 is 0 Å². The predicted molar refractivity (Wildman–Crippen MR) is 122 cm³/mol. The van der Waals surface area contributed by atoms with Crippen LogP contribution in [0.3, 0.4) is 0 Å². The van der Waals surface area contributed by atoms with Crippen LogP contribution in [0.5, 0.6) is 5.75 Å². The Bertz CT molecular complexity index is 1130. The summed E-state index contributed by atoms with van der Waals surface area (Å²) in [6.07, 6.45) is 3.38. The van der Waals surface area contributed by atoms with E-state index in [9.17, 15) is 14.7 Å². The Morgan fingerprint density at radius 3 is 2.91 bits per heavy atom. The summed E-state index contributed by atoms with van der Waals surface area (Å²) in [4.78, 5) is 32.7. The van der Waals surface area contributed by atoms with E-state index in [0.29, 0.717) is 41.6 Å². The van der Waals surface area contributed by atoms with Crippen molar-refractivity contribution in [3.63, 3.8) is 0 Å². The van der Waals surface area contributed by atoms with Crippen LogP contribution in [0.2, 0.25) is 0 Å². The van der Waals surface area contributed by atoms with Gasteiger partial charge in [-0.25, -0.2) is 4.98 Å². The minimum atomic E-state index is -0.447. The number of hydrogen-bond donors (Lipinski definition) is 3. The van der Waals surface area contributed by atoms with Gasteiger partial charge in [-0.1, -0.05) is 12.1 Å². The minimum Gasteiger partial charge on any atom is -0.497 e. The number of aliphatic hydroxyl groups excluding tert-OH is 1. The van der Waals surface area contributed by atoms with Crippen LogP contribution >= 0.6 is 11.3 Å². The van der Waals surface area contributed by atoms with Gasteiger partial charge in [-0.15, -0.1) is 11.3 Å². The summed E-state index contributed by atoms with van der Waals surface area (Å²) in [7, 11) is 1.59. The molecule has 2 heterocycles. The van der Waals surface area contributed by atoms with Gasteiger partial charge in [0.05, 0.1) is 25.2 Å². The standard InChI is InChI=1S/C23H27N3O5S/c1-30-18-4-2-3-15(9-18)10-24-22(29)20-25-21(28)19-16(13-32-23(19)26-20)12-31-11-14-5-7-17(27)8-6-14/h2-4,9,13-14,17,27H,5-8,10-12H2,1H3,(H,24,29)(H,25,26,28). The molecule has 3 N–H and O–H groups in total. The van der Waals surface area contributed by atoms with Gasteiger partial charge in [0.2, 0.25) is 5.82 Å². The van der Waals surface area contributed by atoms with Crippen molar-refractivity contribution in [2.24, 2.45) is 5.92 Å². The Labute approximate surface area is 189 Å². The summed E-state index contributed by atoms with van der Waals surface area (Å²) in [5.41, 5.74) is 1.31. The Morgan fingerprint density at radius 2 is 2.12 bits per heavy atom. The second-order valence-electron chi connectivity index (χ2n) is 8.08. The molecule has 1 aromatic carbocycles. The second kappa shape index (κ2) is 10.2. The average Bonchev–Trinajstić information content (AvgIpc) is 3.22. The lowest BCUT2D eigenvalue weighted by atomic mass is 9.88. The van der Waals surface area contributed by atoms with Gasteiger partial charge in [-0.2, -0.15) is 0 Å². The number of carbonyl (C=O) groups is 1. The van der Waals surface area contributed by atoms with Crippen molar-refractivity contribution in [3.8, 4) is 5.75 Å². The van der Waals surface area contributed by atoms with Crippen LogP contribution < -0.4 is 15.6 Å². The van der Waals surface area contributed by atoms with E-state index in [-0.39, 0.29) is 17.5 Å². The highest BCUT2D eigenvalue weighted by Crippen LogP contribution is 2.26.